The molecular weight excluding hydrogens is 488 g/mol. The topological polar surface area (TPSA) is 144 Å². The van der Waals surface area contributed by atoms with E-state index in [1.807, 2.05) is 0 Å². The van der Waals surface area contributed by atoms with Crippen molar-refractivity contribution in [1.29, 1.82) is 0 Å². The van der Waals surface area contributed by atoms with Crippen molar-refractivity contribution < 1.29 is 48.3 Å². The lowest BCUT2D eigenvalue weighted by atomic mass is 9.46. The first-order valence-electron chi connectivity index (χ1n) is 12.4. The largest absolute Gasteiger partial charge is 0.468 e. The number of amides is 1. The number of aliphatic hydroxyl groups is 2. The number of hydrogen-bond donors (Lipinski definition) is 2. The molecule has 5 aliphatic rings. The molecule has 4 heterocycles. The van der Waals surface area contributed by atoms with E-state index < -0.39 is 52.7 Å². The number of carbonyl (C=O) groups excluding carboxylic acids is 3. The van der Waals surface area contributed by atoms with Gasteiger partial charge in [-0.25, -0.2) is 14.5 Å². The predicted octanol–water partition coefficient (Wildman–Crippen LogP) is 0.509. The molecule has 0 bridgehead atoms. The molecule has 1 spiro atoms. The molecule has 1 saturated carbocycles. The van der Waals surface area contributed by atoms with Crippen LogP contribution in [0.4, 0.5) is 10.5 Å². The molecular formula is C25H30N2O10. The maximum atomic E-state index is 13.5. The summed E-state index contributed by atoms with van der Waals surface area (Å²) in [4.78, 5) is 43.4. The number of rotatable bonds is 2. The second-order valence-electron chi connectivity index (χ2n) is 10.4. The van der Waals surface area contributed by atoms with Crippen LogP contribution in [0.15, 0.2) is 12.1 Å². The van der Waals surface area contributed by atoms with Crippen molar-refractivity contribution in [2.45, 2.75) is 49.0 Å². The van der Waals surface area contributed by atoms with Crippen LogP contribution in [0.2, 0.25) is 0 Å². The standard InChI is InChI=1S/C25H30N2O10/c1-33-20(29)24-8-6-15-23(9-11-26(19(23)24)10-7-16(24)28)13-4-5-14-18(37-12-36-14)17(13)27(22(31)35-3)25(15,32)21(30)34-2/h4-5,15-16,19,28,32H,6-12H2,1-3H3/t15-,16+,19-,23+,24+,25-/m1/s1. The molecule has 2 N–H and O–H groups in total. The Morgan fingerprint density at radius 2 is 1.76 bits per heavy atom. The molecule has 1 aromatic carbocycles. The molecule has 6 atom stereocenters. The van der Waals surface area contributed by atoms with Crippen LogP contribution in [-0.4, -0.2) is 92.2 Å². The summed E-state index contributed by atoms with van der Waals surface area (Å²) in [5.41, 5.74) is -4.09. The number of benzene rings is 1. The molecule has 200 valence electrons. The number of hydrogen-bond acceptors (Lipinski definition) is 11. The van der Waals surface area contributed by atoms with Crippen LogP contribution >= 0.6 is 0 Å². The lowest BCUT2D eigenvalue weighted by Crippen LogP contribution is -2.77. The molecule has 0 radical (unpaired) electrons. The van der Waals surface area contributed by atoms with Crippen molar-refractivity contribution in [1.82, 2.24) is 4.90 Å². The molecule has 12 heteroatoms. The van der Waals surface area contributed by atoms with E-state index in [-0.39, 0.29) is 31.1 Å². The van der Waals surface area contributed by atoms with Gasteiger partial charge < -0.3 is 33.9 Å². The van der Waals surface area contributed by atoms with Crippen LogP contribution in [-0.2, 0) is 29.2 Å². The average Bonchev–Trinajstić information content (AvgIpc) is 3.55. The van der Waals surface area contributed by atoms with Gasteiger partial charge in [0.05, 0.1) is 27.4 Å². The summed E-state index contributed by atoms with van der Waals surface area (Å²) in [7, 11) is 3.59. The average molecular weight is 519 g/mol. The number of piperidine rings is 1. The number of anilines is 1. The molecule has 0 unspecified atom stereocenters. The molecule has 0 aromatic heterocycles. The van der Waals surface area contributed by atoms with Gasteiger partial charge in [0.1, 0.15) is 11.1 Å². The zero-order valence-corrected chi connectivity index (χ0v) is 20.9. The Balaban J connectivity index is 1.71. The minimum atomic E-state index is -2.49. The SMILES string of the molecule is COC(=O)N1c2c(ccc3c2OCO3)[C@@]23CCN4CC[C@H](O)[C@@](C(=O)OC)(CC[C@H]2[C@@]1(O)C(=O)OC)[C@H]43. The van der Waals surface area contributed by atoms with E-state index in [0.29, 0.717) is 37.2 Å². The Labute approximate surface area is 212 Å². The number of carbonyl (C=O) groups is 3. The molecule has 2 saturated heterocycles. The van der Waals surface area contributed by atoms with E-state index in [4.69, 9.17) is 23.7 Å². The number of aliphatic hydroxyl groups excluding tert-OH is 1. The summed E-state index contributed by atoms with van der Waals surface area (Å²) >= 11 is 0. The highest BCUT2D eigenvalue weighted by atomic mass is 16.7. The van der Waals surface area contributed by atoms with Gasteiger partial charge in [-0.15, -0.1) is 0 Å². The van der Waals surface area contributed by atoms with Gasteiger partial charge in [0.2, 0.25) is 6.79 Å². The Bertz CT molecular complexity index is 1190. The first-order chi connectivity index (χ1) is 17.7. The molecule has 3 fully saturated rings. The Kier molecular flexibility index (Phi) is 5.21. The highest BCUT2D eigenvalue weighted by molar-refractivity contribution is 6.02. The van der Waals surface area contributed by atoms with Crippen molar-refractivity contribution in [3.63, 3.8) is 0 Å². The highest BCUT2D eigenvalue weighted by Gasteiger charge is 2.77. The van der Waals surface area contributed by atoms with Crippen LogP contribution in [0.3, 0.4) is 0 Å². The lowest BCUT2D eigenvalue weighted by Gasteiger charge is -2.64. The minimum absolute atomic E-state index is 0.117. The van der Waals surface area contributed by atoms with E-state index in [0.717, 1.165) is 19.1 Å². The van der Waals surface area contributed by atoms with E-state index in [2.05, 4.69) is 4.90 Å². The number of methoxy groups -OCH3 is 3. The molecule has 6 rings (SSSR count). The van der Waals surface area contributed by atoms with Gasteiger partial charge in [-0.05, 0) is 43.9 Å². The summed E-state index contributed by atoms with van der Waals surface area (Å²) in [5, 5.41) is 23.7. The lowest BCUT2D eigenvalue weighted by molar-refractivity contribution is -0.203. The van der Waals surface area contributed by atoms with Gasteiger partial charge in [-0.3, -0.25) is 9.69 Å². The molecule has 4 aliphatic heterocycles. The minimum Gasteiger partial charge on any atom is -0.468 e. The molecule has 12 nitrogen and oxygen atoms in total. The van der Waals surface area contributed by atoms with Gasteiger partial charge in [0, 0.05) is 23.9 Å². The van der Waals surface area contributed by atoms with Crippen LogP contribution in [0.1, 0.15) is 31.2 Å². The van der Waals surface area contributed by atoms with E-state index in [9.17, 15) is 24.6 Å². The fourth-order valence-corrected chi connectivity index (χ4v) is 8.14. The van der Waals surface area contributed by atoms with Gasteiger partial charge >= 0.3 is 18.0 Å². The third-order valence-corrected chi connectivity index (χ3v) is 9.38. The van der Waals surface area contributed by atoms with Crippen LogP contribution in [0.25, 0.3) is 0 Å². The van der Waals surface area contributed by atoms with Gasteiger partial charge in [0.15, 0.2) is 11.5 Å². The predicted molar refractivity (Wildman–Crippen MR) is 124 cm³/mol. The molecule has 37 heavy (non-hydrogen) atoms. The van der Waals surface area contributed by atoms with Gasteiger partial charge in [-0.1, -0.05) is 6.07 Å². The fourth-order valence-electron chi connectivity index (χ4n) is 8.14. The fraction of sp³-hybridized carbons (Fsp3) is 0.640. The zero-order chi connectivity index (χ0) is 26.3. The number of fused-ring (bicyclic) bond motifs is 3. The molecule has 1 amide bonds. The van der Waals surface area contributed by atoms with Gasteiger partial charge in [-0.2, -0.15) is 0 Å². The van der Waals surface area contributed by atoms with Crippen molar-refractivity contribution >= 4 is 23.7 Å². The van der Waals surface area contributed by atoms with E-state index in [1.54, 1.807) is 12.1 Å². The third kappa shape index (κ3) is 2.65. The maximum absolute atomic E-state index is 13.5. The zero-order valence-electron chi connectivity index (χ0n) is 20.9. The summed E-state index contributed by atoms with van der Waals surface area (Å²) in [6.07, 6.45) is -0.854. The Hall–Kier alpha value is -3.09. The van der Waals surface area contributed by atoms with Crippen molar-refractivity contribution in [3.05, 3.63) is 17.7 Å². The van der Waals surface area contributed by atoms with Crippen molar-refractivity contribution in [2.75, 3.05) is 46.1 Å². The summed E-state index contributed by atoms with van der Waals surface area (Å²) in [5.74, 6) is -1.94. The quantitative estimate of drug-likeness (QED) is 0.417. The van der Waals surface area contributed by atoms with Crippen LogP contribution in [0, 0.1) is 11.3 Å². The number of esters is 2. The first kappa shape index (κ1) is 24.3. The summed E-state index contributed by atoms with van der Waals surface area (Å²) in [6, 6.07) is 2.90. The van der Waals surface area contributed by atoms with Crippen molar-refractivity contribution in [2.24, 2.45) is 11.3 Å². The second-order valence-corrected chi connectivity index (χ2v) is 10.4. The highest BCUT2D eigenvalue weighted by Crippen LogP contribution is 2.69. The van der Waals surface area contributed by atoms with E-state index >= 15 is 0 Å². The number of ether oxygens (including phenoxy) is 5. The molecule has 1 aromatic rings. The van der Waals surface area contributed by atoms with Gasteiger partial charge in [0.25, 0.3) is 5.72 Å². The van der Waals surface area contributed by atoms with Crippen LogP contribution < -0.4 is 14.4 Å². The second kappa shape index (κ2) is 7.95. The van der Waals surface area contributed by atoms with E-state index in [1.165, 1.54) is 7.11 Å². The smallest absolute Gasteiger partial charge is 0.417 e. The summed E-state index contributed by atoms with van der Waals surface area (Å²) < 4.78 is 26.8. The molecule has 1 aliphatic carbocycles. The normalized spacial score (nSPS) is 37.2. The first-order valence-corrected chi connectivity index (χ1v) is 12.4. The van der Waals surface area contributed by atoms with Crippen molar-refractivity contribution in [3.8, 4) is 11.5 Å². The Morgan fingerprint density at radius 1 is 1.00 bits per heavy atom. The third-order valence-electron chi connectivity index (χ3n) is 9.38. The van der Waals surface area contributed by atoms with Crippen LogP contribution in [0.5, 0.6) is 11.5 Å². The Morgan fingerprint density at radius 3 is 2.46 bits per heavy atom. The summed E-state index contributed by atoms with van der Waals surface area (Å²) in [6.45, 7) is 0.959. The maximum Gasteiger partial charge on any atom is 0.417 e. The number of nitrogens with zero attached hydrogens (tertiary/aromatic N) is 2. The monoisotopic (exact) mass is 518 g/mol.